The highest BCUT2D eigenvalue weighted by Gasteiger charge is 2.01. The number of carbonyl (C=O) groups is 1. The zero-order valence-electron chi connectivity index (χ0n) is 9.31. The molecule has 0 radical (unpaired) electrons. The summed E-state index contributed by atoms with van der Waals surface area (Å²) in [6, 6.07) is 12.0. The van der Waals surface area contributed by atoms with Crippen LogP contribution in [0, 0.1) is 12.7 Å². The van der Waals surface area contributed by atoms with Crippen LogP contribution >= 0.6 is 11.8 Å². The van der Waals surface area contributed by atoms with E-state index in [0.29, 0.717) is 5.56 Å². The molecule has 0 saturated heterocycles. The van der Waals surface area contributed by atoms with Gasteiger partial charge in [-0.3, -0.25) is 4.79 Å². The van der Waals surface area contributed by atoms with Crippen LogP contribution in [0.1, 0.15) is 15.9 Å². The van der Waals surface area contributed by atoms with Crippen LogP contribution < -0.4 is 0 Å². The molecule has 2 aromatic rings. The van der Waals surface area contributed by atoms with E-state index in [2.05, 4.69) is 0 Å². The predicted molar refractivity (Wildman–Crippen MR) is 67.1 cm³/mol. The number of rotatable bonds is 3. The van der Waals surface area contributed by atoms with Crippen molar-refractivity contribution in [1.82, 2.24) is 0 Å². The molecule has 0 aromatic heterocycles. The van der Waals surface area contributed by atoms with Gasteiger partial charge in [-0.05, 0) is 48.9 Å². The van der Waals surface area contributed by atoms with Gasteiger partial charge in [-0.25, -0.2) is 4.39 Å². The molecule has 0 unspecified atom stereocenters. The second-order valence-electron chi connectivity index (χ2n) is 3.69. The van der Waals surface area contributed by atoms with Crippen molar-refractivity contribution in [2.75, 3.05) is 0 Å². The Bertz CT molecular complexity index is 534. The summed E-state index contributed by atoms with van der Waals surface area (Å²) in [6.45, 7) is 1.90. The number of hydrogen-bond acceptors (Lipinski definition) is 2. The van der Waals surface area contributed by atoms with Gasteiger partial charge in [0.05, 0.1) is 0 Å². The maximum atomic E-state index is 12.7. The van der Waals surface area contributed by atoms with E-state index in [1.807, 2.05) is 19.1 Å². The van der Waals surface area contributed by atoms with Crippen LogP contribution in [0.25, 0.3) is 0 Å². The average Bonchev–Trinajstić information content (AvgIpc) is 2.32. The monoisotopic (exact) mass is 246 g/mol. The van der Waals surface area contributed by atoms with E-state index in [9.17, 15) is 9.18 Å². The Balaban J connectivity index is 2.21. The summed E-state index contributed by atoms with van der Waals surface area (Å²) in [5.74, 6) is -0.234. The van der Waals surface area contributed by atoms with Crippen molar-refractivity contribution >= 4 is 18.0 Å². The quantitative estimate of drug-likeness (QED) is 0.758. The van der Waals surface area contributed by atoms with Crippen LogP contribution in [0.4, 0.5) is 4.39 Å². The number of aryl methyl sites for hydroxylation is 1. The van der Waals surface area contributed by atoms with Crippen molar-refractivity contribution in [3.63, 3.8) is 0 Å². The van der Waals surface area contributed by atoms with Gasteiger partial charge < -0.3 is 0 Å². The van der Waals surface area contributed by atoms with E-state index in [1.54, 1.807) is 30.0 Å². The van der Waals surface area contributed by atoms with Gasteiger partial charge in [0.2, 0.25) is 0 Å². The molecule has 0 spiro atoms. The second kappa shape index (κ2) is 5.15. The van der Waals surface area contributed by atoms with Crippen LogP contribution in [-0.2, 0) is 0 Å². The fourth-order valence-corrected chi connectivity index (χ4v) is 2.40. The van der Waals surface area contributed by atoms with Gasteiger partial charge in [-0.1, -0.05) is 17.8 Å². The molecule has 0 saturated carbocycles. The highest BCUT2D eigenvalue weighted by Crippen LogP contribution is 2.28. The van der Waals surface area contributed by atoms with E-state index in [-0.39, 0.29) is 5.82 Å². The molecule has 0 aliphatic carbocycles. The summed E-state index contributed by atoms with van der Waals surface area (Å²) in [4.78, 5) is 12.7. The van der Waals surface area contributed by atoms with Crippen molar-refractivity contribution in [3.8, 4) is 0 Å². The number of carbonyl (C=O) groups excluding carboxylic acids is 1. The predicted octanol–water partition coefficient (Wildman–Crippen LogP) is 4.10. The Morgan fingerprint density at radius 3 is 2.29 bits per heavy atom. The van der Waals surface area contributed by atoms with Crippen LogP contribution in [0.2, 0.25) is 0 Å². The van der Waals surface area contributed by atoms with Crippen LogP contribution in [0.3, 0.4) is 0 Å². The lowest BCUT2D eigenvalue weighted by Gasteiger charge is -2.04. The maximum absolute atomic E-state index is 12.7. The van der Waals surface area contributed by atoms with Crippen molar-refractivity contribution in [1.29, 1.82) is 0 Å². The van der Waals surface area contributed by atoms with E-state index in [4.69, 9.17) is 0 Å². The second-order valence-corrected chi connectivity index (χ2v) is 4.84. The largest absolute Gasteiger partial charge is 0.298 e. The molecule has 0 amide bonds. The lowest BCUT2D eigenvalue weighted by molar-refractivity contribution is 0.112. The molecule has 0 fully saturated rings. The average molecular weight is 246 g/mol. The lowest BCUT2D eigenvalue weighted by atomic mass is 10.1. The molecule has 17 heavy (non-hydrogen) atoms. The van der Waals surface area contributed by atoms with E-state index < -0.39 is 0 Å². The molecule has 0 aliphatic heterocycles. The summed E-state index contributed by atoms with van der Waals surface area (Å²) in [5, 5.41) is 0. The molecule has 3 heteroatoms. The Kier molecular flexibility index (Phi) is 3.59. The van der Waals surface area contributed by atoms with Crippen molar-refractivity contribution in [3.05, 3.63) is 59.4 Å². The van der Waals surface area contributed by atoms with Gasteiger partial charge >= 0.3 is 0 Å². The number of halogens is 1. The highest BCUT2D eigenvalue weighted by atomic mass is 32.2. The molecule has 86 valence electrons. The molecule has 0 bridgehead atoms. The highest BCUT2D eigenvalue weighted by molar-refractivity contribution is 7.99. The molecule has 0 aliphatic rings. The molecule has 2 rings (SSSR count). The van der Waals surface area contributed by atoms with Crippen molar-refractivity contribution in [2.24, 2.45) is 0 Å². The summed E-state index contributed by atoms with van der Waals surface area (Å²) in [7, 11) is 0. The fraction of sp³-hybridized carbons (Fsp3) is 0.0714. The van der Waals surface area contributed by atoms with Crippen LogP contribution in [0.15, 0.2) is 52.3 Å². The first-order chi connectivity index (χ1) is 8.19. The van der Waals surface area contributed by atoms with E-state index >= 15 is 0 Å². The number of aldehydes is 1. The van der Waals surface area contributed by atoms with E-state index in [0.717, 1.165) is 21.6 Å². The Labute approximate surface area is 104 Å². The van der Waals surface area contributed by atoms with Gasteiger partial charge in [-0.15, -0.1) is 0 Å². The standard InChI is InChI=1S/C14H11FOS/c1-10-8-14(5-2-11(10)9-16)17-13-6-3-12(15)4-7-13/h2-9H,1H3. The first-order valence-corrected chi connectivity index (χ1v) is 6.00. The molecule has 0 heterocycles. The zero-order chi connectivity index (χ0) is 12.3. The topological polar surface area (TPSA) is 17.1 Å². The molecular formula is C14H11FOS. The van der Waals surface area contributed by atoms with Gasteiger partial charge in [0.1, 0.15) is 12.1 Å². The van der Waals surface area contributed by atoms with Crippen LogP contribution in [-0.4, -0.2) is 6.29 Å². The molecular weight excluding hydrogens is 235 g/mol. The fourth-order valence-electron chi connectivity index (χ4n) is 1.48. The van der Waals surface area contributed by atoms with Crippen molar-refractivity contribution < 1.29 is 9.18 Å². The smallest absolute Gasteiger partial charge is 0.150 e. The Morgan fingerprint density at radius 2 is 1.71 bits per heavy atom. The third-order valence-corrected chi connectivity index (χ3v) is 3.42. The zero-order valence-corrected chi connectivity index (χ0v) is 10.1. The van der Waals surface area contributed by atoms with Gasteiger partial charge in [0, 0.05) is 15.4 Å². The normalized spacial score (nSPS) is 10.2. The number of benzene rings is 2. The molecule has 0 N–H and O–H groups in total. The third kappa shape index (κ3) is 2.94. The summed E-state index contributed by atoms with van der Waals surface area (Å²) >= 11 is 1.55. The first-order valence-electron chi connectivity index (χ1n) is 5.18. The van der Waals surface area contributed by atoms with Gasteiger partial charge in [0.15, 0.2) is 0 Å². The summed E-state index contributed by atoms with van der Waals surface area (Å²) < 4.78 is 12.7. The Morgan fingerprint density at radius 1 is 1.06 bits per heavy atom. The molecule has 1 nitrogen and oxygen atoms in total. The SMILES string of the molecule is Cc1cc(Sc2ccc(F)cc2)ccc1C=O. The van der Waals surface area contributed by atoms with Gasteiger partial charge in [-0.2, -0.15) is 0 Å². The van der Waals surface area contributed by atoms with Crippen LogP contribution in [0.5, 0.6) is 0 Å². The summed E-state index contributed by atoms with van der Waals surface area (Å²) in [5.41, 5.74) is 1.65. The maximum Gasteiger partial charge on any atom is 0.150 e. The Hall–Kier alpha value is -1.61. The molecule has 0 atom stereocenters. The summed E-state index contributed by atoms with van der Waals surface area (Å²) in [6.07, 6.45) is 0.849. The van der Waals surface area contributed by atoms with Gasteiger partial charge in [0.25, 0.3) is 0 Å². The minimum absolute atomic E-state index is 0.234. The number of hydrogen-bond donors (Lipinski definition) is 0. The van der Waals surface area contributed by atoms with E-state index in [1.165, 1.54) is 12.1 Å². The van der Waals surface area contributed by atoms with Crippen molar-refractivity contribution in [2.45, 2.75) is 16.7 Å². The minimum Gasteiger partial charge on any atom is -0.298 e. The molecule has 2 aromatic carbocycles. The minimum atomic E-state index is -0.234. The third-order valence-electron chi connectivity index (χ3n) is 2.42. The first kappa shape index (κ1) is 11.9. The lowest BCUT2D eigenvalue weighted by Crippen LogP contribution is -1.86.